The number of carbonyl (C=O) groups is 1. The number of methoxy groups -OCH3 is 1. The van der Waals surface area contributed by atoms with Gasteiger partial charge in [-0.05, 0) is 80.1 Å². The Hall–Kier alpha value is -4.68. The lowest BCUT2D eigenvalue weighted by molar-refractivity contribution is 0.0923. The van der Waals surface area contributed by atoms with Crippen LogP contribution in [0.5, 0.6) is 17.2 Å². The van der Waals surface area contributed by atoms with Crippen molar-refractivity contribution in [2.45, 2.75) is 20.5 Å². The topological polar surface area (TPSA) is 111 Å². The van der Waals surface area contributed by atoms with E-state index in [1.807, 2.05) is 30.3 Å². The van der Waals surface area contributed by atoms with Gasteiger partial charge >= 0.3 is 5.91 Å². The zero-order valence-electron chi connectivity index (χ0n) is 21.0. The van der Waals surface area contributed by atoms with Crippen LogP contribution in [0, 0.1) is 25.2 Å². The first-order chi connectivity index (χ1) is 18.4. The number of ether oxygens (including phenoxy) is 3. The summed E-state index contributed by atoms with van der Waals surface area (Å²) in [5.74, 6) is 1.32. The Bertz CT molecular complexity index is 1480. The van der Waals surface area contributed by atoms with Crippen molar-refractivity contribution in [2.75, 3.05) is 13.7 Å². The van der Waals surface area contributed by atoms with E-state index in [-0.39, 0.29) is 29.7 Å². The Morgan fingerprint density at radius 2 is 1.84 bits per heavy atom. The largest absolute Gasteiger partial charge is 0.493 e. The van der Waals surface area contributed by atoms with Gasteiger partial charge in [0, 0.05) is 17.1 Å². The number of hydrogen-bond acceptors (Lipinski definition) is 7. The Kier molecular flexibility index (Phi) is 8.36. The first-order valence-electron chi connectivity index (χ1n) is 11.6. The molecule has 0 unspecified atom stereocenters. The van der Waals surface area contributed by atoms with Crippen LogP contribution in [0.1, 0.15) is 33.3 Å². The highest BCUT2D eigenvalue weighted by Gasteiger charge is 2.13. The molecule has 2 heterocycles. The average molecular weight is 533 g/mol. The van der Waals surface area contributed by atoms with Gasteiger partial charge in [-0.2, -0.15) is 10.4 Å². The fourth-order valence-corrected chi connectivity index (χ4v) is 4.05. The molecule has 0 spiro atoms. The van der Waals surface area contributed by atoms with Crippen molar-refractivity contribution in [1.82, 2.24) is 9.99 Å². The summed E-state index contributed by atoms with van der Waals surface area (Å²) in [6, 6.07) is 20.2. The van der Waals surface area contributed by atoms with Gasteiger partial charge in [0.25, 0.3) is 0 Å². The van der Waals surface area contributed by atoms with Crippen LogP contribution in [-0.4, -0.2) is 30.4 Å². The fourth-order valence-electron chi connectivity index (χ4n) is 3.78. The Morgan fingerprint density at radius 1 is 1.11 bits per heavy atom. The second-order valence-corrected chi connectivity index (χ2v) is 8.59. The molecule has 0 radical (unpaired) electrons. The van der Waals surface area contributed by atoms with Gasteiger partial charge in [-0.15, -0.1) is 0 Å². The third-order valence-corrected chi connectivity index (χ3v) is 5.83. The van der Waals surface area contributed by atoms with E-state index in [2.05, 4.69) is 41.1 Å². The highest BCUT2D eigenvalue weighted by Crippen LogP contribution is 2.36. The normalized spacial score (nSPS) is 10.8. The molecule has 10 heteroatoms. The summed E-state index contributed by atoms with van der Waals surface area (Å²) >= 11 is 6.22. The Labute approximate surface area is 224 Å². The molecule has 4 aromatic rings. The lowest BCUT2D eigenvalue weighted by Crippen LogP contribution is -2.16. The number of furan rings is 1. The maximum Gasteiger partial charge on any atom is 0.307 e. The van der Waals surface area contributed by atoms with Gasteiger partial charge in [0.1, 0.15) is 24.2 Å². The lowest BCUT2D eigenvalue weighted by Gasteiger charge is -2.11. The van der Waals surface area contributed by atoms with Crippen LogP contribution in [-0.2, 0) is 6.61 Å². The van der Waals surface area contributed by atoms with E-state index in [4.69, 9.17) is 35.5 Å². The predicted octanol–water partition coefficient (Wildman–Crippen LogP) is 5.59. The maximum absolute atomic E-state index is 12.4. The number of benzene rings is 2. The van der Waals surface area contributed by atoms with E-state index >= 15 is 0 Å². The SMILES string of the molecule is COc1cc(/C=N/NC(=O)c2ccc(COc3ccc(-n4c(C)ccc4C)cc3)o2)cc(Cl)c1OCC#N. The van der Waals surface area contributed by atoms with Gasteiger partial charge in [-0.1, -0.05) is 11.6 Å². The molecule has 0 atom stereocenters. The van der Waals surface area contributed by atoms with Crippen molar-refractivity contribution < 1.29 is 23.4 Å². The first-order valence-corrected chi connectivity index (χ1v) is 11.9. The minimum atomic E-state index is -0.527. The molecule has 1 N–H and O–H groups in total. The summed E-state index contributed by atoms with van der Waals surface area (Å²) < 4.78 is 24.1. The van der Waals surface area contributed by atoms with Crippen LogP contribution in [0.3, 0.4) is 0 Å². The van der Waals surface area contributed by atoms with Crippen molar-refractivity contribution >= 4 is 23.7 Å². The van der Waals surface area contributed by atoms with Crippen LogP contribution in [0.2, 0.25) is 5.02 Å². The number of hydrogen-bond donors (Lipinski definition) is 1. The molecule has 0 fully saturated rings. The van der Waals surface area contributed by atoms with Crippen LogP contribution in [0.15, 0.2) is 70.2 Å². The molecule has 0 bridgehead atoms. The standard InChI is InChI=1S/C28H25ClN4O5/c1-18-4-5-19(2)33(18)21-6-8-22(9-7-21)37-17-23-10-11-25(38-23)28(34)32-31-16-20-14-24(29)27(36-13-12-30)26(15-20)35-3/h4-11,14-16H,13,17H2,1-3H3,(H,32,34)/b31-16+. The third-order valence-electron chi connectivity index (χ3n) is 5.55. The molecule has 38 heavy (non-hydrogen) atoms. The van der Waals surface area contributed by atoms with Gasteiger partial charge in [0.05, 0.1) is 18.3 Å². The molecule has 0 aliphatic rings. The number of nitrogens with zero attached hydrogens (tertiary/aromatic N) is 3. The smallest absolute Gasteiger partial charge is 0.307 e. The summed E-state index contributed by atoms with van der Waals surface area (Å²) in [6.45, 7) is 4.12. The minimum Gasteiger partial charge on any atom is -0.493 e. The molecule has 0 saturated heterocycles. The number of rotatable bonds is 10. The van der Waals surface area contributed by atoms with Crippen molar-refractivity contribution in [2.24, 2.45) is 5.10 Å². The molecule has 4 rings (SSSR count). The molecule has 0 aliphatic carbocycles. The monoisotopic (exact) mass is 532 g/mol. The minimum absolute atomic E-state index is 0.0884. The number of halogens is 1. The van der Waals surface area contributed by atoms with Gasteiger partial charge in [0.15, 0.2) is 23.9 Å². The molecule has 194 valence electrons. The summed E-state index contributed by atoms with van der Waals surface area (Å²) in [6.07, 6.45) is 1.40. The van der Waals surface area contributed by atoms with Crippen molar-refractivity contribution in [1.29, 1.82) is 5.26 Å². The van der Waals surface area contributed by atoms with Crippen LogP contribution >= 0.6 is 11.6 Å². The van der Waals surface area contributed by atoms with E-state index in [0.29, 0.717) is 22.8 Å². The number of aromatic nitrogens is 1. The zero-order chi connectivity index (χ0) is 27.1. The first kappa shape index (κ1) is 26.4. The maximum atomic E-state index is 12.4. The molecule has 2 aromatic heterocycles. The molecule has 9 nitrogen and oxygen atoms in total. The molecule has 0 aliphatic heterocycles. The Morgan fingerprint density at radius 3 is 2.53 bits per heavy atom. The van der Waals surface area contributed by atoms with Crippen molar-refractivity contribution in [3.05, 3.63) is 94.2 Å². The number of nitriles is 1. The second kappa shape index (κ2) is 12.0. The quantitative estimate of drug-likeness (QED) is 0.210. The van der Waals surface area contributed by atoms with Gasteiger partial charge < -0.3 is 23.2 Å². The van der Waals surface area contributed by atoms with Crippen molar-refractivity contribution in [3.8, 4) is 29.0 Å². The summed E-state index contributed by atoms with van der Waals surface area (Å²) in [4.78, 5) is 12.4. The van der Waals surface area contributed by atoms with E-state index < -0.39 is 5.91 Å². The van der Waals surface area contributed by atoms with Gasteiger partial charge in [-0.25, -0.2) is 5.43 Å². The summed E-state index contributed by atoms with van der Waals surface area (Å²) in [5, 5.41) is 12.9. The zero-order valence-corrected chi connectivity index (χ0v) is 21.8. The van der Waals surface area contributed by atoms with Gasteiger partial charge in [0.2, 0.25) is 0 Å². The van der Waals surface area contributed by atoms with Gasteiger partial charge in [-0.3, -0.25) is 4.79 Å². The fraction of sp³-hybridized carbons (Fsp3) is 0.179. The third kappa shape index (κ3) is 6.17. The number of nitrogens with one attached hydrogen (secondary N) is 1. The highest BCUT2D eigenvalue weighted by atomic mass is 35.5. The lowest BCUT2D eigenvalue weighted by atomic mass is 10.2. The molecular formula is C28H25ClN4O5. The van der Waals surface area contributed by atoms with Crippen LogP contribution < -0.4 is 19.6 Å². The van der Waals surface area contributed by atoms with Crippen molar-refractivity contribution in [3.63, 3.8) is 0 Å². The predicted molar refractivity (Wildman–Crippen MR) is 142 cm³/mol. The number of hydrazone groups is 1. The highest BCUT2D eigenvalue weighted by molar-refractivity contribution is 6.32. The Balaban J connectivity index is 1.32. The molecule has 1 amide bonds. The van der Waals surface area contributed by atoms with E-state index in [1.165, 1.54) is 13.3 Å². The molecule has 0 saturated carbocycles. The van der Waals surface area contributed by atoms with E-state index in [9.17, 15) is 4.79 Å². The van der Waals surface area contributed by atoms with E-state index in [1.54, 1.807) is 24.3 Å². The number of carbonyl (C=O) groups excluding carboxylic acids is 1. The van der Waals surface area contributed by atoms with E-state index in [0.717, 1.165) is 17.1 Å². The number of aryl methyl sites for hydroxylation is 2. The summed E-state index contributed by atoms with van der Waals surface area (Å²) in [5.41, 5.74) is 6.33. The average Bonchev–Trinajstić information content (AvgIpc) is 3.53. The van der Waals surface area contributed by atoms with Crippen LogP contribution in [0.4, 0.5) is 0 Å². The second-order valence-electron chi connectivity index (χ2n) is 8.18. The van der Waals surface area contributed by atoms with Crippen LogP contribution in [0.25, 0.3) is 5.69 Å². The molecular weight excluding hydrogens is 508 g/mol. The summed E-state index contributed by atoms with van der Waals surface area (Å²) in [7, 11) is 1.45. The number of amides is 1. The molecule has 2 aromatic carbocycles.